The average Bonchev–Trinajstić information content (AvgIpc) is 2.73. The standard InChI is InChI=1S/C21H17F3N4O/c22-21(23,24)15-7-5-14(6-8-15)19-27-17-2-1-11-26-18(17)20(29)28(19)16-9-3-13(12-25)4-10-16/h1-4,9-11,14-15H,5-8H2/p+1. The molecule has 8 heteroatoms. The number of rotatable bonds is 2. The molecular weight excluding hydrogens is 381 g/mol. The van der Waals surface area contributed by atoms with E-state index in [1.807, 2.05) is 6.07 Å². The molecule has 0 atom stereocenters. The zero-order valence-corrected chi connectivity index (χ0v) is 15.4. The number of nitriles is 1. The van der Waals surface area contributed by atoms with E-state index in [0.717, 1.165) is 0 Å². The Morgan fingerprint density at radius 2 is 1.79 bits per heavy atom. The van der Waals surface area contributed by atoms with Crippen molar-refractivity contribution in [2.24, 2.45) is 5.92 Å². The normalized spacial score (nSPS) is 19.8. The van der Waals surface area contributed by atoms with Crippen LogP contribution in [0.15, 0.2) is 47.4 Å². The molecule has 2 heterocycles. The van der Waals surface area contributed by atoms with Gasteiger partial charge in [0.1, 0.15) is 11.3 Å². The molecule has 0 spiro atoms. The molecular formula is C21H18F3N4O+. The number of aromatic nitrogens is 3. The first kappa shape index (κ1) is 19.1. The second kappa shape index (κ2) is 7.32. The van der Waals surface area contributed by atoms with E-state index in [0.29, 0.717) is 41.0 Å². The predicted octanol–water partition coefficient (Wildman–Crippen LogP) is 3.91. The Morgan fingerprint density at radius 3 is 2.41 bits per heavy atom. The first-order chi connectivity index (χ1) is 13.9. The summed E-state index contributed by atoms with van der Waals surface area (Å²) in [6.07, 6.45) is -1.89. The molecule has 0 bridgehead atoms. The van der Waals surface area contributed by atoms with Crippen LogP contribution in [0, 0.1) is 17.2 Å². The Morgan fingerprint density at radius 1 is 1.10 bits per heavy atom. The fraction of sp³-hybridized carbons (Fsp3) is 0.333. The quantitative estimate of drug-likeness (QED) is 0.656. The largest absolute Gasteiger partial charge is 0.391 e. The number of fused-ring (bicyclic) bond motifs is 1. The molecule has 0 saturated heterocycles. The maximum atomic E-state index is 13.2. The molecule has 1 N–H and O–H groups in total. The highest BCUT2D eigenvalue weighted by Crippen LogP contribution is 2.42. The van der Waals surface area contributed by atoms with E-state index >= 15 is 0 Å². The predicted molar refractivity (Wildman–Crippen MR) is 99.4 cm³/mol. The van der Waals surface area contributed by atoms with Crippen molar-refractivity contribution in [3.63, 3.8) is 0 Å². The molecule has 1 aliphatic rings. The maximum absolute atomic E-state index is 13.2. The number of benzene rings is 1. The van der Waals surface area contributed by atoms with E-state index in [9.17, 15) is 18.0 Å². The summed E-state index contributed by atoms with van der Waals surface area (Å²) in [5, 5.41) is 9.02. The van der Waals surface area contributed by atoms with Crippen LogP contribution in [0.1, 0.15) is 43.0 Å². The summed E-state index contributed by atoms with van der Waals surface area (Å²) >= 11 is 0. The number of aromatic amines is 1. The van der Waals surface area contributed by atoms with Gasteiger partial charge in [-0.15, -0.1) is 0 Å². The minimum absolute atomic E-state index is 0.0242. The molecule has 3 aromatic rings. The Labute approximate surface area is 164 Å². The number of nitrogens with one attached hydrogen (secondary N) is 1. The lowest BCUT2D eigenvalue weighted by molar-refractivity contribution is -0.345. The number of hydrogen-bond acceptors (Lipinski definition) is 3. The van der Waals surface area contributed by atoms with Crippen molar-refractivity contribution in [3.05, 3.63) is 64.3 Å². The van der Waals surface area contributed by atoms with Gasteiger partial charge in [0.25, 0.3) is 5.52 Å². The van der Waals surface area contributed by atoms with Gasteiger partial charge in [0.05, 0.1) is 23.2 Å². The van der Waals surface area contributed by atoms with Gasteiger partial charge in [0.15, 0.2) is 6.20 Å². The van der Waals surface area contributed by atoms with Gasteiger partial charge in [-0.1, -0.05) is 0 Å². The lowest BCUT2D eigenvalue weighted by Crippen LogP contribution is -2.32. The third-order valence-corrected chi connectivity index (χ3v) is 5.53. The molecule has 1 aromatic carbocycles. The average molecular weight is 399 g/mol. The van der Waals surface area contributed by atoms with E-state index in [1.54, 1.807) is 42.6 Å². The summed E-state index contributed by atoms with van der Waals surface area (Å²) < 4.78 is 40.6. The number of alkyl halides is 3. The molecule has 2 aromatic heterocycles. The number of pyridine rings is 1. The summed E-state index contributed by atoms with van der Waals surface area (Å²) in [5.41, 5.74) is 1.48. The second-order valence-corrected chi connectivity index (χ2v) is 7.29. The van der Waals surface area contributed by atoms with Crippen LogP contribution in [0.25, 0.3) is 16.7 Å². The van der Waals surface area contributed by atoms with Crippen molar-refractivity contribution < 1.29 is 18.2 Å². The van der Waals surface area contributed by atoms with Crippen LogP contribution in [0.2, 0.25) is 0 Å². The molecule has 29 heavy (non-hydrogen) atoms. The SMILES string of the molecule is N#Cc1ccc(-n2c(C3CCC(C(F)(F)F)CC3)nc3ccc[nH+]c3c2=O)cc1. The molecule has 0 amide bonds. The van der Waals surface area contributed by atoms with E-state index in [4.69, 9.17) is 5.26 Å². The van der Waals surface area contributed by atoms with Crippen LogP contribution in [-0.2, 0) is 0 Å². The van der Waals surface area contributed by atoms with Crippen LogP contribution in [0.4, 0.5) is 13.2 Å². The van der Waals surface area contributed by atoms with Gasteiger partial charge in [0, 0.05) is 12.0 Å². The molecule has 148 valence electrons. The zero-order valence-electron chi connectivity index (χ0n) is 15.4. The van der Waals surface area contributed by atoms with Gasteiger partial charge < -0.3 is 0 Å². The van der Waals surface area contributed by atoms with Gasteiger partial charge in [-0.05, 0) is 56.0 Å². The summed E-state index contributed by atoms with van der Waals surface area (Å²) in [6.45, 7) is 0. The molecule has 0 radical (unpaired) electrons. The molecule has 1 saturated carbocycles. The number of halogens is 3. The number of hydrogen-bond donors (Lipinski definition) is 0. The van der Waals surface area contributed by atoms with Crippen LogP contribution >= 0.6 is 0 Å². The highest BCUT2D eigenvalue weighted by molar-refractivity contribution is 5.69. The first-order valence-corrected chi connectivity index (χ1v) is 9.39. The van der Waals surface area contributed by atoms with Crippen LogP contribution in [-0.4, -0.2) is 15.7 Å². The van der Waals surface area contributed by atoms with Gasteiger partial charge in [-0.3, -0.25) is 9.36 Å². The third kappa shape index (κ3) is 3.60. The van der Waals surface area contributed by atoms with Crippen LogP contribution in [0.5, 0.6) is 0 Å². The topological polar surface area (TPSA) is 72.8 Å². The van der Waals surface area contributed by atoms with Crippen molar-refractivity contribution in [2.75, 3.05) is 0 Å². The van der Waals surface area contributed by atoms with Gasteiger partial charge >= 0.3 is 11.7 Å². The maximum Gasteiger partial charge on any atom is 0.391 e. The Hall–Kier alpha value is -3.21. The Bertz CT molecular complexity index is 1140. The Balaban J connectivity index is 1.82. The molecule has 5 nitrogen and oxygen atoms in total. The minimum atomic E-state index is -4.19. The smallest absolute Gasteiger partial charge is 0.261 e. The van der Waals surface area contributed by atoms with E-state index in [-0.39, 0.29) is 24.3 Å². The van der Waals surface area contributed by atoms with Crippen molar-refractivity contribution in [3.8, 4) is 11.8 Å². The summed E-state index contributed by atoms with van der Waals surface area (Å²) in [4.78, 5) is 20.8. The van der Waals surface area contributed by atoms with Crippen LogP contribution in [0.3, 0.4) is 0 Å². The molecule has 1 aliphatic carbocycles. The van der Waals surface area contributed by atoms with Gasteiger partial charge in [-0.25, -0.2) is 9.97 Å². The number of H-pyrrole nitrogens is 1. The Kier molecular flexibility index (Phi) is 4.82. The van der Waals surface area contributed by atoms with Gasteiger partial charge in [-0.2, -0.15) is 18.4 Å². The first-order valence-electron chi connectivity index (χ1n) is 9.39. The van der Waals surface area contributed by atoms with Crippen molar-refractivity contribution >= 4 is 11.0 Å². The summed E-state index contributed by atoms with van der Waals surface area (Å²) in [6, 6.07) is 12.0. The molecule has 1 fully saturated rings. The lowest BCUT2D eigenvalue weighted by atomic mass is 9.81. The highest BCUT2D eigenvalue weighted by atomic mass is 19.4. The fourth-order valence-electron chi connectivity index (χ4n) is 3.97. The third-order valence-electron chi connectivity index (χ3n) is 5.53. The minimum Gasteiger partial charge on any atom is -0.261 e. The van der Waals surface area contributed by atoms with Gasteiger partial charge in [0.2, 0.25) is 0 Å². The van der Waals surface area contributed by atoms with E-state index in [2.05, 4.69) is 9.97 Å². The second-order valence-electron chi connectivity index (χ2n) is 7.29. The lowest BCUT2D eigenvalue weighted by Gasteiger charge is -2.30. The summed E-state index contributed by atoms with van der Waals surface area (Å²) in [5.74, 6) is -1.09. The number of nitrogens with zero attached hydrogens (tertiary/aromatic N) is 3. The fourth-order valence-corrected chi connectivity index (χ4v) is 3.97. The van der Waals surface area contributed by atoms with Crippen molar-refractivity contribution in [2.45, 2.75) is 37.8 Å². The van der Waals surface area contributed by atoms with Crippen molar-refractivity contribution in [1.82, 2.24) is 9.55 Å². The van der Waals surface area contributed by atoms with Crippen molar-refractivity contribution in [1.29, 1.82) is 5.26 Å². The molecule has 0 unspecified atom stereocenters. The van der Waals surface area contributed by atoms with E-state index < -0.39 is 12.1 Å². The molecule has 0 aliphatic heterocycles. The zero-order chi connectivity index (χ0) is 20.6. The highest BCUT2D eigenvalue weighted by Gasteiger charge is 2.42. The summed E-state index contributed by atoms with van der Waals surface area (Å²) in [7, 11) is 0. The monoisotopic (exact) mass is 399 g/mol. The van der Waals surface area contributed by atoms with E-state index in [1.165, 1.54) is 4.57 Å². The van der Waals surface area contributed by atoms with Crippen LogP contribution < -0.4 is 10.5 Å². The molecule has 4 rings (SSSR count).